The van der Waals surface area contributed by atoms with Gasteiger partial charge in [0.2, 0.25) is 11.7 Å². The number of benzene rings is 2. The molecule has 0 saturated heterocycles. The quantitative estimate of drug-likeness (QED) is 0.171. The summed E-state index contributed by atoms with van der Waals surface area (Å²) in [6.07, 6.45) is 10.5. The highest BCUT2D eigenvalue weighted by Gasteiger charge is 2.71. The summed E-state index contributed by atoms with van der Waals surface area (Å²) < 4.78 is 0. The lowest BCUT2D eigenvalue weighted by molar-refractivity contribution is -0.246. The Kier molecular flexibility index (Phi) is 9.45. The molecule has 1 heterocycles. The van der Waals surface area contributed by atoms with E-state index in [2.05, 4.69) is 79.4 Å². The number of allylic oxidation sites excluding steroid dienone is 1. The second-order valence-corrected chi connectivity index (χ2v) is 19.7. The lowest BCUT2D eigenvalue weighted by Crippen LogP contribution is -2.67. The van der Waals surface area contributed by atoms with Crippen molar-refractivity contribution in [1.29, 1.82) is 0 Å². The summed E-state index contributed by atoms with van der Waals surface area (Å²) in [5.41, 5.74) is 4.59. The van der Waals surface area contributed by atoms with Crippen LogP contribution in [0.3, 0.4) is 0 Å². The Morgan fingerprint density at radius 1 is 0.836 bits per heavy atom. The van der Waals surface area contributed by atoms with Gasteiger partial charge in [-0.15, -0.1) is 10.2 Å². The molecule has 9 heteroatoms. The fourth-order valence-corrected chi connectivity index (χ4v) is 14.1. The zero-order chi connectivity index (χ0) is 39.0. The predicted molar refractivity (Wildman–Crippen MR) is 214 cm³/mol. The third kappa shape index (κ3) is 5.92. The Hall–Kier alpha value is -3.85. The van der Waals surface area contributed by atoms with Crippen molar-refractivity contribution >= 4 is 11.8 Å². The van der Waals surface area contributed by atoms with E-state index in [-0.39, 0.29) is 45.5 Å². The number of rotatable bonds is 8. The molecule has 2 amide bonds. The molecule has 294 valence electrons. The molecule has 5 fully saturated rings. The number of aliphatic hydroxyl groups is 1. The van der Waals surface area contributed by atoms with E-state index >= 15 is 0 Å². The molecule has 2 unspecified atom stereocenters. The molecule has 5 aliphatic rings. The lowest BCUT2D eigenvalue weighted by atomic mass is 9.32. The van der Waals surface area contributed by atoms with Gasteiger partial charge in [-0.3, -0.25) is 9.59 Å². The van der Waals surface area contributed by atoms with Crippen LogP contribution < -0.4 is 10.6 Å². The molecule has 9 nitrogen and oxygen atoms in total. The van der Waals surface area contributed by atoms with E-state index in [0.717, 1.165) is 55.2 Å². The number of nitrogens with one attached hydrogen (secondary N) is 3. The number of hydrogen-bond acceptors (Lipinski definition) is 6. The molecule has 2 aromatic carbocycles. The van der Waals surface area contributed by atoms with E-state index in [0.29, 0.717) is 48.1 Å². The van der Waals surface area contributed by atoms with Crippen LogP contribution in [0.15, 0.2) is 60.7 Å². The molecule has 3 aromatic rings. The summed E-state index contributed by atoms with van der Waals surface area (Å²) in [6, 6.07) is 15.3. The van der Waals surface area contributed by atoms with Crippen molar-refractivity contribution < 1.29 is 14.7 Å². The molecular weight excluding hydrogens is 685 g/mol. The van der Waals surface area contributed by atoms with Crippen molar-refractivity contribution in [2.45, 2.75) is 125 Å². The van der Waals surface area contributed by atoms with Gasteiger partial charge in [0.15, 0.2) is 0 Å². The van der Waals surface area contributed by atoms with Crippen LogP contribution in [0, 0.1) is 56.7 Å². The Bertz CT molecular complexity index is 1960. The first-order chi connectivity index (χ1) is 26.1. The summed E-state index contributed by atoms with van der Waals surface area (Å²) in [5, 5.41) is 31.8. The molecule has 55 heavy (non-hydrogen) atoms. The molecule has 8 rings (SSSR count). The summed E-state index contributed by atoms with van der Waals surface area (Å²) >= 11 is 0. The van der Waals surface area contributed by atoms with Crippen LogP contribution in [0.25, 0.3) is 11.4 Å². The van der Waals surface area contributed by atoms with E-state index in [4.69, 9.17) is 0 Å². The first kappa shape index (κ1) is 38.0. The van der Waals surface area contributed by atoms with Crippen molar-refractivity contribution in [3.8, 4) is 11.4 Å². The number of aliphatic hydroxyl groups excluding tert-OH is 1. The zero-order valence-corrected chi connectivity index (χ0v) is 33.9. The van der Waals surface area contributed by atoms with Gasteiger partial charge in [0, 0.05) is 24.2 Å². The van der Waals surface area contributed by atoms with Crippen LogP contribution in [0.4, 0.5) is 0 Å². The molecule has 1 aromatic heterocycles. The maximum Gasteiger partial charge on any atom is 0.251 e. The molecule has 0 bridgehead atoms. The van der Waals surface area contributed by atoms with Gasteiger partial charge in [0.1, 0.15) is 0 Å². The van der Waals surface area contributed by atoms with Gasteiger partial charge in [-0.05, 0) is 157 Å². The maximum atomic E-state index is 14.8. The number of amides is 2. The Morgan fingerprint density at radius 2 is 1.58 bits per heavy atom. The molecule has 10 atom stereocenters. The molecule has 5 saturated carbocycles. The average molecular weight is 747 g/mol. The van der Waals surface area contributed by atoms with Gasteiger partial charge in [0.25, 0.3) is 5.91 Å². The smallest absolute Gasteiger partial charge is 0.251 e. The third-order valence-electron chi connectivity index (χ3n) is 17.1. The van der Waals surface area contributed by atoms with Crippen LogP contribution in [0.5, 0.6) is 0 Å². The van der Waals surface area contributed by atoms with Crippen LogP contribution in [0.2, 0.25) is 0 Å². The minimum absolute atomic E-state index is 0.0597. The highest BCUT2D eigenvalue weighted by Crippen LogP contribution is 2.77. The molecule has 0 spiro atoms. The van der Waals surface area contributed by atoms with E-state index in [1.54, 1.807) is 0 Å². The Morgan fingerprint density at radius 3 is 2.33 bits per heavy atom. The minimum Gasteiger partial charge on any atom is -0.393 e. The second-order valence-electron chi connectivity index (χ2n) is 19.7. The van der Waals surface area contributed by atoms with E-state index in [1.165, 1.54) is 31.3 Å². The lowest BCUT2D eigenvalue weighted by Gasteiger charge is -2.72. The first-order valence-electron chi connectivity index (χ1n) is 21.0. The first-order valence-corrected chi connectivity index (χ1v) is 21.0. The average Bonchev–Trinajstić information content (AvgIpc) is 3.85. The fourth-order valence-electron chi connectivity index (χ4n) is 14.1. The van der Waals surface area contributed by atoms with Crippen molar-refractivity contribution in [2.75, 3.05) is 0 Å². The number of hydrogen-bond donors (Lipinski definition) is 4. The second kappa shape index (κ2) is 13.7. The topological polar surface area (TPSA) is 133 Å². The normalized spacial score (nSPS) is 37.4. The number of aromatic amines is 1. The highest BCUT2D eigenvalue weighted by atomic mass is 16.3. The van der Waals surface area contributed by atoms with Gasteiger partial charge in [-0.2, -0.15) is 5.21 Å². The Balaban J connectivity index is 0.979. The molecular formula is C46H62N6O3. The highest BCUT2D eigenvalue weighted by molar-refractivity contribution is 5.94. The van der Waals surface area contributed by atoms with Gasteiger partial charge in [-0.1, -0.05) is 77.1 Å². The molecule has 5 aliphatic carbocycles. The summed E-state index contributed by atoms with van der Waals surface area (Å²) in [4.78, 5) is 28.1. The van der Waals surface area contributed by atoms with E-state index in [1.807, 2.05) is 48.5 Å². The van der Waals surface area contributed by atoms with Crippen molar-refractivity contribution in [2.24, 2.45) is 56.7 Å². The standard InChI is InChI=1S/C46H62N6O3/c1-28(2)33-16-21-46(23-22-44(6)34(38(33)46)14-15-36-43(5)19-18-37(53)42(3,4)35(43)17-20-45(36,44)7)41(55)48-27-30-11-9-13-32(25-30)40(54)47-26-29-10-8-12-31(24-29)39-49-51-52-50-39/h8-13,24-25,33-38,53H,1,14-23,26-27H2,2-7H3,(H,47,54)(H,48,55)(H,49,50,51,52)/t33-,34?,35?,36+,37-,38+,43-,44+,45+,46-/m0/s1. The number of carbonyl (C=O) groups excluding carboxylic acids is 2. The monoisotopic (exact) mass is 746 g/mol. The van der Waals surface area contributed by atoms with Crippen molar-refractivity contribution in [3.63, 3.8) is 0 Å². The third-order valence-corrected chi connectivity index (χ3v) is 17.1. The van der Waals surface area contributed by atoms with Gasteiger partial charge in [-0.25, -0.2) is 0 Å². The maximum absolute atomic E-state index is 14.8. The van der Waals surface area contributed by atoms with E-state index < -0.39 is 5.41 Å². The molecule has 0 aliphatic heterocycles. The predicted octanol–water partition coefficient (Wildman–Crippen LogP) is 8.43. The summed E-state index contributed by atoms with van der Waals surface area (Å²) in [5.74, 6) is 2.81. The summed E-state index contributed by atoms with van der Waals surface area (Å²) in [6.45, 7) is 20.0. The SMILES string of the molecule is C=C(C)[C@@H]1CC[C@]2(C(=O)NCc3cccc(C(=O)NCc4cccc(-c5nn[nH]n5)c4)c3)CC[C@]3(C)C(CC[C@@H]4[C@@]5(C)CC[C@H](O)C(C)(C)C5CC[C@]43C)[C@@H]12. The number of fused-ring (bicyclic) bond motifs is 7. The van der Waals surface area contributed by atoms with Crippen LogP contribution >= 0.6 is 0 Å². The Labute approximate surface area is 327 Å². The van der Waals surface area contributed by atoms with Crippen LogP contribution in [0.1, 0.15) is 127 Å². The molecule has 4 N–H and O–H groups in total. The fraction of sp³-hybridized carbons (Fsp3) is 0.630. The van der Waals surface area contributed by atoms with Crippen molar-refractivity contribution in [1.82, 2.24) is 31.3 Å². The number of carbonyl (C=O) groups is 2. The van der Waals surface area contributed by atoms with Gasteiger partial charge >= 0.3 is 0 Å². The van der Waals surface area contributed by atoms with Gasteiger partial charge in [0.05, 0.1) is 11.5 Å². The van der Waals surface area contributed by atoms with Gasteiger partial charge < -0.3 is 15.7 Å². The number of aromatic nitrogens is 4. The minimum atomic E-state index is -0.403. The number of H-pyrrole nitrogens is 1. The molecule has 0 radical (unpaired) electrons. The van der Waals surface area contributed by atoms with E-state index in [9.17, 15) is 14.7 Å². The number of nitrogens with zero attached hydrogens (tertiary/aromatic N) is 3. The zero-order valence-electron chi connectivity index (χ0n) is 33.9. The summed E-state index contributed by atoms with van der Waals surface area (Å²) in [7, 11) is 0. The van der Waals surface area contributed by atoms with Crippen LogP contribution in [-0.4, -0.2) is 43.6 Å². The number of tetrazole rings is 1. The van der Waals surface area contributed by atoms with Crippen molar-refractivity contribution in [3.05, 3.63) is 77.4 Å². The largest absolute Gasteiger partial charge is 0.393 e. The van der Waals surface area contributed by atoms with Crippen LogP contribution in [-0.2, 0) is 17.9 Å².